The summed E-state index contributed by atoms with van der Waals surface area (Å²) in [7, 11) is 0. The first-order valence-corrected chi connectivity index (χ1v) is 12.5. The van der Waals surface area contributed by atoms with Gasteiger partial charge in [-0.3, -0.25) is 4.90 Å². The van der Waals surface area contributed by atoms with Gasteiger partial charge in [-0.05, 0) is 65.9 Å². The topological polar surface area (TPSA) is 62.2 Å². The second-order valence-corrected chi connectivity index (χ2v) is 9.69. The number of benzene rings is 3. The van der Waals surface area contributed by atoms with Gasteiger partial charge in [0.15, 0.2) is 0 Å². The first-order valence-electron chi connectivity index (χ1n) is 12.1. The van der Waals surface area contributed by atoms with Crippen LogP contribution in [-0.4, -0.2) is 41.4 Å². The molecule has 35 heavy (non-hydrogen) atoms. The van der Waals surface area contributed by atoms with Crippen molar-refractivity contribution in [2.75, 3.05) is 26.2 Å². The predicted molar refractivity (Wildman–Crippen MR) is 139 cm³/mol. The Bertz CT molecular complexity index is 1250. The first-order chi connectivity index (χ1) is 16.9. The van der Waals surface area contributed by atoms with Crippen LogP contribution in [0.2, 0.25) is 5.02 Å². The van der Waals surface area contributed by atoms with Crippen molar-refractivity contribution in [2.24, 2.45) is 5.92 Å². The fourth-order valence-corrected chi connectivity index (χ4v) is 5.24. The van der Waals surface area contributed by atoms with Gasteiger partial charge in [0.1, 0.15) is 35.7 Å². The van der Waals surface area contributed by atoms with Crippen molar-refractivity contribution in [2.45, 2.75) is 26.4 Å². The molecule has 6 heteroatoms. The molecule has 0 radical (unpaired) electrons. The van der Waals surface area contributed by atoms with Gasteiger partial charge in [-0.2, -0.15) is 0 Å². The van der Waals surface area contributed by atoms with Crippen LogP contribution in [0.1, 0.15) is 43.1 Å². The molecule has 0 unspecified atom stereocenters. The summed E-state index contributed by atoms with van der Waals surface area (Å²) in [5.74, 6) is 2.45. The fraction of sp³-hybridized carbons (Fsp3) is 0.310. The third-order valence-corrected chi connectivity index (χ3v) is 7.38. The summed E-state index contributed by atoms with van der Waals surface area (Å²) in [4.78, 5) is 2.42. The molecular weight excluding hydrogens is 462 g/mol. The number of ether oxygens (including phenoxy) is 2. The molecule has 0 saturated carbocycles. The highest BCUT2D eigenvalue weighted by molar-refractivity contribution is 6.34. The summed E-state index contributed by atoms with van der Waals surface area (Å²) in [5.41, 5.74) is 4.23. The van der Waals surface area contributed by atoms with Crippen LogP contribution in [0.15, 0.2) is 60.7 Å². The van der Waals surface area contributed by atoms with E-state index in [-0.39, 0.29) is 16.5 Å². The van der Waals surface area contributed by atoms with Gasteiger partial charge < -0.3 is 19.7 Å². The Hall–Kier alpha value is -3.15. The van der Waals surface area contributed by atoms with E-state index < -0.39 is 6.10 Å². The van der Waals surface area contributed by atoms with E-state index in [9.17, 15) is 10.2 Å². The zero-order valence-electron chi connectivity index (χ0n) is 20.0. The van der Waals surface area contributed by atoms with E-state index in [0.29, 0.717) is 17.9 Å². The molecule has 182 valence electrons. The lowest BCUT2D eigenvalue weighted by Gasteiger charge is -2.38. The first kappa shape index (κ1) is 23.6. The highest BCUT2D eigenvalue weighted by atomic mass is 35.5. The van der Waals surface area contributed by atoms with E-state index in [1.54, 1.807) is 30.3 Å². The van der Waals surface area contributed by atoms with Gasteiger partial charge in [-0.1, -0.05) is 49.2 Å². The SMILES string of the molecule is CCC1CN(CCOc2ccc([C@@H]3Oc4ccc(O)c(Cl)c4C(C)=C3c3cccc(O)c3)cc2)C1. The minimum Gasteiger partial charge on any atom is -0.508 e. The molecule has 0 aromatic heterocycles. The summed E-state index contributed by atoms with van der Waals surface area (Å²) in [6.45, 7) is 8.16. The number of hydrogen-bond acceptors (Lipinski definition) is 5. The third-order valence-electron chi connectivity index (χ3n) is 7.00. The lowest BCUT2D eigenvalue weighted by Crippen LogP contribution is -2.47. The molecule has 2 N–H and O–H groups in total. The van der Waals surface area contributed by atoms with Crippen LogP contribution < -0.4 is 9.47 Å². The molecule has 3 aromatic carbocycles. The van der Waals surface area contributed by atoms with Crippen molar-refractivity contribution in [1.29, 1.82) is 0 Å². The Kier molecular flexibility index (Phi) is 6.63. The number of rotatable bonds is 7. The van der Waals surface area contributed by atoms with Crippen LogP contribution in [-0.2, 0) is 0 Å². The van der Waals surface area contributed by atoms with E-state index >= 15 is 0 Å². The van der Waals surface area contributed by atoms with Crippen molar-refractivity contribution in [1.82, 2.24) is 4.90 Å². The van der Waals surface area contributed by atoms with Crippen LogP contribution in [0.4, 0.5) is 0 Å². The lowest BCUT2D eigenvalue weighted by atomic mass is 9.86. The van der Waals surface area contributed by atoms with Crippen LogP contribution in [0, 0.1) is 5.92 Å². The number of phenolic OH excluding ortho intramolecular Hbond substituents is 2. The second kappa shape index (κ2) is 9.84. The minimum absolute atomic E-state index is 0.00650. The monoisotopic (exact) mass is 491 g/mol. The smallest absolute Gasteiger partial charge is 0.150 e. The average molecular weight is 492 g/mol. The maximum atomic E-state index is 10.2. The standard InChI is InChI=1S/C29H30ClNO4/c1-3-19-16-31(17-19)13-14-34-23-9-7-20(8-10-23)29-26(21-5-4-6-22(32)15-21)18(2)27-25(35-29)12-11-24(33)28(27)30/h4-12,15,19,29,32-33H,3,13-14,16-17H2,1-2H3/t29-/m0/s1. The van der Waals surface area contributed by atoms with E-state index in [2.05, 4.69) is 11.8 Å². The number of likely N-dealkylation sites (tertiary alicyclic amines) is 1. The summed E-state index contributed by atoms with van der Waals surface area (Å²) in [6, 6.07) is 18.3. The van der Waals surface area contributed by atoms with Crippen LogP contribution in [0.5, 0.6) is 23.0 Å². The number of aromatic hydroxyl groups is 2. The Morgan fingerprint density at radius 1 is 1.06 bits per heavy atom. The quantitative estimate of drug-likeness (QED) is 0.393. The van der Waals surface area contributed by atoms with Crippen molar-refractivity contribution >= 4 is 22.7 Å². The molecule has 5 rings (SSSR count). The van der Waals surface area contributed by atoms with Gasteiger partial charge >= 0.3 is 0 Å². The van der Waals surface area contributed by atoms with Gasteiger partial charge in [0, 0.05) is 30.8 Å². The molecule has 0 amide bonds. The molecule has 2 aliphatic heterocycles. The van der Waals surface area contributed by atoms with Gasteiger partial charge in [-0.25, -0.2) is 0 Å². The van der Waals surface area contributed by atoms with Crippen molar-refractivity contribution < 1.29 is 19.7 Å². The summed E-state index contributed by atoms with van der Waals surface area (Å²) in [6.07, 6.45) is 0.837. The molecule has 2 heterocycles. The number of fused-ring (bicyclic) bond motifs is 1. The highest BCUT2D eigenvalue weighted by Crippen LogP contribution is 2.50. The summed E-state index contributed by atoms with van der Waals surface area (Å²) in [5, 5.41) is 20.6. The summed E-state index contributed by atoms with van der Waals surface area (Å²) >= 11 is 6.47. The largest absolute Gasteiger partial charge is 0.508 e. The van der Waals surface area contributed by atoms with E-state index in [1.165, 1.54) is 19.5 Å². The number of hydrogen-bond donors (Lipinski definition) is 2. The van der Waals surface area contributed by atoms with Gasteiger partial charge in [0.05, 0.1) is 5.02 Å². The zero-order valence-corrected chi connectivity index (χ0v) is 20.8. The van der Waals surface area contributed by atoms with Gasteiger partial charge in [0.2, 0.25) is 0 Å². The van der Waals surface area contributed by atoms with Crippen molar-refractivity contribution in [3.05, 3.63) is 82.4 Å². The fourth-order valence-electron chi connectivity index (χ4n) is 4.94. The van der Waals surface area contributed by atoms with E-state index in [1.807, 2.05) is 37.3 Å². The molecule has 5 nitrogen and oxygen atoms in total. The predicted octanol–water partition coefficient (Wildman–Crippen LogP) is 6.54. The van der Waals surface area contributed by atoms with Gasteiger partial charge in [-0.15, -0.1) is 0 Å². The van der Waals surface area contributed by atoms with Crippen molar-refractivity contribution in [3.8, 4) is 23.0 Å². The Labute approximate surface area is 211 Å². The average Bonchev–Trinajstić information content (AvgIpc) is 2.83. The van der Waals surface area contributed by atoms with Crippen LogP contribution in [0.3, 0.4) is 0 Å². The molecule has 0 aliphatic carbocycles. The normalized spacial score (nSPS) is 18.1. The molecule has 0 bridgehead atoms. The second-order valence-electron chi connectivity index (χ2n) is 9.31. The highest BCUT2D eigenvalue weighted by Gasteiger charge is 2.31. The molecule has 2 aliphatic rings. The van der Waals surface area contributed by atoms with E-state index in [0.717, 1.165) is 40.5 Å². The van der Waals surface area contributed by atoms with Crippen LogP contribution in [0.25, 0.3) is 11.1 Å². The number of phenols is 2. The van der Waals surface area contributed by atoms with Gasteiger partial charge in [0.25, 0.3) is 0 Å². The number of halogens is 1. The maximum Gasteiger partial charge on any atom is 0.150 e. The lowest BCUT2D eigenvalue weighted by molar-refractivity contribution is 0.0806. The summed E-state index contributed by atoms with van der Waals surface area (Å²) < 4.78 is 12.4. The molecule has 1 fully saturated rings. The number of nitrogens with zero attached hydrogens (tertiary/aromatic N) is 1. The Morgan fingerprint density at radius 3 is 2.54 bits per heavy atom. The molecule has 0 spiro atoms. The molecular formula is C29H30ClNO4. The van der Waals surface area contributed by atoms with Crippen molar-refractivity contribution in [3.63, 3.8) is 0 Å². The molecule has 1 atom stereocenters. The minimum atomic E-state index is -0.411. The Balaban J connectivity index is 1.41. The zero-order chi connectivity index (χ0) is 24.5. The molecule has 3 aromatic rings. The van der Waals surface area contributed by atoms with E-state index in [4.69, 9.17) is 21.1 Å². The molecule has 1 saturated heterocycles. The maximum absolute atomic E-state index is 10.2. The Morgan fingerprint density at radius 2 is 1.83 bits per heavy atom. The van der Waals surface area contributed by atoms with Crippen LogP contribution >= 0.6 is 11.6 Å². The number of allylic oxidation sites excluding steroid dienone is 1. The third kappa shape index (κ3) is 4.71.